The first kappa shape index (κ1) is 30.5. The molecule has 0 saturated heterocycles. The van der Waals surface area contributed by atoms with Crippen molar-refractivity contribution in [2.75, 3.05) is 0 Å². The van der Waals surface area contributed by atoms with Gasteiger partial charge in [0.05, 0.1) is 13.7 Å². The summed E-state index contributed by atoms with van der Waals surface area (Å²) in [7, 11) is -1.23. The summed E-state index contributed by atoms with van der Waals surface area (Å²) in [5.74, 6) is -0.148. The molecule has 1 radical (unpaired) electrons. The maximum absolute atomic E-state index is 8.44. The van der Waals surface area contributed by atoms with Gasteiger partial charge in [0, 0.05) is 40.6 Å². The Balaban J connectivity index is 0.000000224. The fraction of sp³-hybridized carbons (Fsp3) is 0.171. The molecule has 0 unspecified atom stereocenters. The summed E-state index contributed by atoms with van der Waals surface area (Å²) < 4.78 is 23.1. The van der Waals surface area contributed by atoms with Crippen LogP contribution in [0.2, 0.25) is 19.6 Å². The van der Waals surface area contributed by atoms with Crippen molar-refractivity contribution in [2.24, 2.45) is 5.92 Å². The molecular weight excluding hydrogens is 757 g/mol. The zero-order chi connectivity index (χ0) is 33.2. The Morgan fingerprint density at radius 2 is 1.57 bits per heavy atom. The van der Waals surface area contributed by atoms with Gasteiger partial charge in [-0.1, -0.05) is 105 Å². The molecule has 0 aliphatic rings. The third kappa shape index (κ3) is 7.62. The fourth-order valence-electron chi connectivity index (χ4n) is 5.28. The number of furan rings is 1. The molecule has 7 rings (SSSR count). The zero-order valence-corrected chi connectivity index (χ0v) is 30.2. The van der Waals surface area contributed by atoms with Crippen molar-refractivity contribution in [3.63, 3.8) is 0 Å². The predicted molar refractivity (Wildman–Crippen MR) is 191 cm³/mol. The third-order valence-electron chi connectivity index (χ3n) is 7.62. The molecule has 0 N–H and O–H groups in total. The van der Waals surface area contributed by atoms with Crippen molar-refractivity contribution in [2.45, 2.75) is 39.9 Å². The topological polar surface area (TPSA) is 38.9 Å². The molecule has 7 aromatic rings. The summed E-state index contributed by atoms with van der Waals surface area (Å²) in [6.07, 6.45) is 2.24. The van der Waals surface area contributed by atoms with Gasteiger partial charge in [0.15, 0.2) is 0 Å². The van der Waals surface area contributed by atoms with Crippen LogP contribution in [-0.2, 0) is 26.5 Å². The van der Waals surface area contributed by atoms with Crippen molar-refractivity contribution in [3.05, 3.63) is 139 Å². The van der Waals surface area contributed by atoms with Gasteiger partial charge in [-0.2, -0.15) is 0 Å². The van der Waals surface area contributed by atoms with E-state index in [9.17, 15) is 0 Å². The van der Waals surface area contributed by atoms with E-state index in [-0.39, 0.29) is 26.0 Å². The van der Waals surface area contributed by atoms with Crippen molar-refractivity contribution in [1.82, 2.24) is 9.97 Å². The molecule has 0 fully saturated rings. The molecule has 3 nitrogen and oxygen atoms in total. The van der Waals surface area contributed by atoms with Crippen molar-refractivity contribution in [3.8, 4) is 33.6 Å². The van der Waals surface area contributed by atoms with E-state index in [0.29, 0.717) is 11.3 Å². The minimum atomic E-state index is -1.44. The molecule has 0 aliphatic carbocycles. The maximum Gasteiger partial charge on any atom is 0.120 e. The molecule has 0 atom stereocenters. The average molecular weight is 797 g/mol. The second kappa shape index (κ2) is 14.5. The molecule has 3 heterocycles. The van der Waals surface area contributed by atoms with Crippen LogP contribution in [0.5, 0.6) is 0 Å². The molecule has 0 amide bonds. The van der Waals surface area contributed by atoms with Crippen molar-refractivity contribution >= 4 is 35.2 Å². The summed E-state index contributed by atoms with van der Waals surface area (Å²) in [5.41, 5.74) is 7.91. The number of pyridine rings is 2. The molecule has 5 heteroatoms. The van der Waals surface area contributed by atoms with Crippen LogP contribution in [0.25, 0.3) is 55.6 Å². The quantitative estimate of drug-likeness (QED) is 0.124. The van der Waals surface area contributed by atoms with Crippen LogP contribution < -0.4 is 5.19 Å². The van der Waals surface area contributed by atoms with Crippen LogP contribution in [0.3, 0.4) is 0 Å². The monoisotopic (exact) mass is 797 g/mol. The first-order chi connectivity index (χ1) is 22.5. The van der Waals surface area contributed by atoms with Crippen molar-refractivity contribution < 1.29 is 27.3 Å². The Morgan fingerprint density at radius 1 is 0.761 bits per heavy atom. The standard InChI is InChI=1S/C27H22NO.C14H16NSi.Ir/c1-18(2)15-19-13-14-28-25(16-19)23-10-6-9-22-24-17-21(20-7-4-3-5-8-20)11-12-26(24)29-27(22)23;1-16(2,3)13-9-10-14(15-11-13)12-7-5-4-6-8-12;/h3-9,11-14,16-18H,15H2,1-2H3;4-7,9-11H,1-3H3;/q2*-1;/i15D2;;. The Morgan fingerprint density at radius 3 is 2.26 bits per heavy atom. The van der Waals surface area contributed by atoms with Gasteiger partial charge in [-0.15, -0.1) is 54.1 Å². The number of rotatable bonds is 6. The third-order valence-corrected chi connectivity index (χ3v) is 9.65. The van der Waals surface area contributed by atoms with E-state index in [0.717, 1.165) is 49.9 Å². The first-order valence-electron chi connectivity index (χ1n) is 16.4. The molecule has 0 saturated carbocycles. The largest absolute Gasteiger partial charge is 0.501 e. The van der Waals surface area contributed by atoms with E-state index in [2.05, 4.69) is 78.1 Å². The molecular formula is C41H38IrN2OSi-2. The Bertz CT molecular complexity index is 2120. The minimum Gasteiger partial charge on any atom is -0.501 e. The number of aromatic nitrogens is 2. The summed E-state index contributed by atoms with van der Waals surface area (Å²) >= 11 is 0. The number of fused-ring (bicyclic) bond motifs is 3. The number of nitrogens with zero attached hydrogens (tertiary/aromatic N) is 2. The van der Waals surface area contributed by atoms with Gasteiger partial charge in [-0.25, -0.2) is 0 Å². The average Bonchev–Trinajstić information content (AvgIpc) is 3.47. The predicted octanol–water partition coefficient (Wildman–Crippen LogP) is 10.4. The van der Waals surface area contributed by atoms with Crippen LogP contribution in [0, 0.1) is 18.1 Å². The minimum absolute atomic E-state index is 0. The van der Waals surface area contributed by atoms with Gasteiger partial charge in [0.1, 0.15) is 5.58 Å². The van der Waals surface area contributed by atoms with E-state index >= 15 is 0 Å². The molecule has 0 aliphatic heterocycles. The van der Waals surface area contributed by atoms with Crippen LogP contribution in [0.1, 0.15) is 22.2 Å². The van der Waals surface area contributed by atoms with Gasteiger partial charge in [-0.3, -0.25) is 0 Å². The maximum atomic E-state index is 8.44. The smallest absolute Gasteiger partial charge is 0.120 e. The van der Waals surface area contributed by atoms with E-state index in [1.165, 1.54) is 5.19 Å². The zero-order valence-electron chi connectivity index (χ0n) is 28.8. The van der Waals surface area contributed by atoms with Gasteiger partial charge in [0.25, 0.3) is 0 Å². The van der Waals surface area contributed by atoms with E-state index < -0.39 is 14.4 Å². The number of benzene rings is 4. The van der Waals surface area contributed by atoms with Crippen molar-refractivity contribution in [1.29, 1.82) is 0 Å². The van der Waals surface area contributed by atoms with Crippen LogP contribution >= 0.6 is 0 Å². The molecule has 0 bridgehead atoms. The molecule has 233 valence electrons. The van der Waals surface area contributed by atoms with Crippen LogP contribution in [-0.4, -0.2) is 18.0 Å². The second-order valence-corrected chi connectivity index (χ2v) is 17.5. The molecule has 3 aromatic heterocycles. The number of hydrogen-bond donors (Lipinski definition) is 0. The second-order valence-electron chi connectivity index (χ2n) is 12.5. The van der Waals surface area contributed by atoms with Crippen LogP contribution in [0.15, 0.2) is 126 Å². The normalized spacial score (nSPS) is 12.2. The fourth-order valence-corrected chi connectivity index (χ4v) is 6.32. The van der Waals surface area contributed by atoms with E-state index in [4.69, 9.17) is 7.16 Å². The molecule has 46 heavy (non-hydrogen) atoms. The first-order valence-corrected chi connectivity index (χ1v) is 18.9. The molecule has 4 aromatic carbocycles. The van der Waals surface area contributed by atoms with E-state index in [1.807, 2.05) is 86.8 Å². The SMILES string of the molecule is C[Si](C)(C)c1ccc(-c2[c-]cccc2)nc1.[2H]C([2H])(c1ccnc(-c2[c-]ccc3c2oc2ccc(-c4ccccc4)cc23)c1)C(C)C.[Ir]. The Labute approximate surface area is 289 Å². The summed E-state index contributed by atoms with van der Waals surface area (Å²) in [4.78, 5) is 9.03. The number of hydrogen-bond acceptors (Lipinski definition) is 3. The summed E-state index contributed by atoms with van der Waals surface area (Å²) in [6, 6.07) is 42.7. The van der Waals surface area contributed by atoms with Gasteiger partial charge in [-0.05, 0) is 58.2 Å². The molecule has 0 spiro atoms. The summed E-state index contributed by atoms with van der Waals surface area (Å²) in [6.45, 7) is 10.8. The van der Waals surface area contributed by atoms with Crippen LogP contribution in [0.4, 0.5) is 0 Å². The Kier molecular flexibility index (Phi) is 9.62. The van der Waals surface area contributed by atoms with Gasteiger partial charge >= 0.3 is 0 Å². The van der Waals surface area contributed by atoms with E-state index in [1.54, 1.807) is 12.3 Å². The summed E-state index contributed by atoms with van der Waals surface area (Å²) in [5, 5.41) is 3.44. The van der Waals surface area contributed by atoms with Gasteiger partial charge < -0.3 is 14.4 Å². The van der Waals surface area contributed by atoms with Gasteiger partial charge in [0.2, 0.25) is 0 Å². The Hall–Kier alpha value is -4.15.